The van der Waals surface area contributed by atoms with Crippen LogP contribution in [0.25, 0.3) is 0 Å². The summed E-state index contributed by atoms with van der Waals surface area (Å²) in [5.41, 5.74) is 1.96. The molecule has 116 valence electrons. The smallest absolute Gasteiger partial charge is 0.411 e. The number of carbonyl (C=O) groups is 1. The van der Waals surface area contributed by atoms with Gasteiger partial charge in [-0.05, 0) is 30.5 Å². The third-order valence-corrected chi connectivity index (χ3v) is 3.85. The number of amides is 1. The minimum atomic E-state index is -0.279. The topological polar surface area (TPSA) is 29.5 Å². The average molecular weight is 305 g/mol. The molecule has 0 aliphatic carbocycles. The van der Waals surface area contributed by atoms with Gasteiger partial charge in [-0.3, -0.25) is 4.90 Å². The third kappa shape index (κ3) is 4.14. The minimum absolute atomic E-state index is 0.0570. The second-order valence-corrected chi connectivity index (χ2v) is 5.53. The summed E-state index contributed by atoms with van der Waals surface area (Å²) in [6.45, 7) is 1.01. The van der Waals surface area contributed by atoms with E-state index in [0.29, 0.717) is 13.2 Å². The molecule has 1 unspecified atom stereocenters. The number of carbonyl (C=O) groups excluding carboxylic acids is 1. The molecule has 2 aromatic carbocycles. The van der Waals surface area contributed by atoms with Crippen molar-refractivity contribution in [3.05, 3.63) is 71.8 Å². The van der Waals surface area contributed by atoms with Crippen LogP contribution in [-0.4, -0.2) is 23.6 Å². The molecule has 1 atom stereocenters. The van der Waals surface area contributed by atoms with E-state index < -0.39 is 0 Å². The lowest BCUT2D eigenvalue weighted by atomic mass is 10.2. The molecule has 0 bridgehead atoms. The molecule has 0 aromatic heterocycles. The van der Waals surface area contributed by atoms with E-state index in [-0.39, 0.29) is 12.1 Å². The van der Waals surface area contributed by atoms with Gasteiger partial charge in [0.2, 0.25) is 0 Å². The van der Waals surface area contributed by atoms with Crippen LogP contribution in [0.3, 0.4) is 0 Å². The van der Waals surface area contributed by atoms with Crippen LogP contribution < -0.4 is 0 Å². The fourth-order valence-electron chi connectivity index (χ4n) is 2.63. The van der Waals surface area contributed by atoms with E-state index in [2.05, 4.69) is 11.8 Å². The predicted octanol–water partition coefficient (Wildman–Crippen LogP) is 3.84. The third-order valence-electron chi connectivity index (χ3n) is 3.85. The Labute approximate surface area is 136 Å². The lowest BCUT2D eigenvalue weighted by molar-refractivity contribution is 0.0984. The Morgan fingerprint density at radius 2 is 1.78 bits per heavy atom. The molecule has 1 saturated heterocycles. The predicted molar refractivity (Wildman–Crippen MR) is 89.7 cm³/mol. The first-order chi connectivity index (χ1) is 11.3. The monoisotopic (exact) mass is 305 g/mol. The first kappa shape index (κ1) is 15.2. The van der Waals surface area contributed by atoms with Crippen molar-refractivity contribution in [1.29, 1.82) is 0 Å². The number of ether oxygens (including phenoxy) is 1. The number of likely N-dealkylation sites (tertiary alicyclic amines) is 1. The van der Waals surface area contributed by atoms with E-state index in [1.54, 1.807) is 4.90 Å². The van der Waals surface area contributed by atoms with Crippen LogP contribution in [-0.2, 0) is 11.3 Å². The van der Waals surface area contributed by atoms with E-state index in [1.807, 2.05) is 60.7 Å². The molecule has 0 radical (unpaired) electrons. The Morgan fingerprint density at radius 1 is 1.09 bits per heavy atom. The molecule has 1 amide bonds. The zero-order chi connectivity index (χ0) is 15.9. The number of benzene rings is 2. The molecule has 2 aromatic rings. The van der Waals surface area contributed by atoms with Crippen molar-refractivity contribution < 1.29 is 9.53 Å². The van der Waals surface area contributed by atoms with Crippen molar-refractivity contribution in [1.82, 2.24) is 4.90 Å². The fraction of sp³-hybridized carbons (Fsp3) is 0.250. The van der Waals surface area contributed by atoms with Crippen molar-refractivity contribution in [3.8, 4) is 11.8 Å². The van der Waals surface area contributed by atoms with E-state index in [9.17, 15) is 4.79 Å². The quantitative estimate of drug-likeness (QED) is 0.789. The number of rotatable bonds is 2. The molecule has 1 heterocycles. The number of nitrogens with zero attached hydrogens (tertiary/aromatic N) is 1. The van der Waals surface area contributed by atoms with Crippen molar-refractivity contribution in [2.75, 3.05) is 6.54 Å². The molecular formula is C20H19NO2. The summed E-state index contributed by atoms with van der Waals surface area (Å²) in [6.07, 6.45) is 1.59. The molecule has 3 rings (SSSR count). The Kier molecular flexibility index (Phi) is 4.95. The largest absolute Gasteiger partial charge is 0.445 e. The van der Waals surface area contributed by atoms with Gasteiger partial charge in [0.1, 0.15) is 6.61 Å². The lowest BCUT2D eigenvalue weighted by Crippen LogP contribution is -2.35. The van der Waals surface area contributed by atoms with Gasteiger partial charge in [0, 0.05) is 12.1 Å². The Bertz CT molecular complexity index is 701. The van der Waals surface area contributed by atoms with Crippen LogP contribution in [0, 0.1) is 11.8 Å². The molecule has 0 saturated carbocycles. The molecule has 1 aliphatic heterocycles. The van der Waals surface area contributed by atoms with Crippen molar-refractivity contribution in [2.45, 2.75) is 25.5 Å². The maximum absolute atomic E-state index is 12.3. The normalized spacial score (nSPS) is 16.5. The fourth-order valence-corrected chi connectivity index (χ4v) is 2.63. The second-order valence-electron chi connectivity index (χ2n) is 5.53. The van der Waals surface area contributed by atoms with Crippen molar-refractivity contribution >= 4 is 6.09 Å². The Morgan fingerprint density at radius 3 is 2.52 bits per heavy atom. The number of hydrogen-bond acceptors (Lipinski definition) is 2. The molecule has 23 heavy (non-hydrogen) atoms. The highest BCUT2D eigenvalue weighted by molar-refractivity contribution is 5.69. The second kappa shape index (κ2) is 7.51. The molecule has 0 spiro atoms. The Hall–Kier alpha value is -2.73. The van der Waals surface area contributed by atoms with Gasteiger partial charge in [-0.2, -0.15) is 0 Å². The zero-order valence-corrected chi connectivity index (χ0v) is 12.9. The van der Waals surface area contributed by atoms with Crippen molar-refractivity contribution in [2.24, 2.45) is 0 Å². The van der Waals surface area contributed by atoms with E-state index >= 15 is 0 Å². The van der Waals surface area contributed by atoms with Crippen LogP contribution in [0.4, 0.5) is 4.79 Å². The van der Waals surface area contributed by atoms with Gasteiger partial charge in [0.25, 0.3) is 0 Å². The molecule has 0 N–H and O–H groups in total. The summed E-state index contributed by atoms with van der Waals surface area (Å²) in [5, 5.41) is 0. The van der Waals surface area contributed by atoms with Gasteiger partial charge >= 0.3 is 6.09 Å². The number of hydrogen-bond donors (Lipinski definition) is 0. The van der Waals surface area contributed by atoms with Crippen LogP contribution in [0.15, 0.2) is 60.7 Å². The molecule has 3 nitrogen and oxygen atoms in total. The summed E-state index contributed by atoms with van der Waals surface area (Å²) in [7, 11) is 0. The van der Waals surface area contributed by atoms with Crippen molar-refractivity contribution in [3.63, 3.8) is 0 Å². The molecule has 1 fully saturated rings. The van der Waals surface area contributed by atoms with Crippen LogP contribution in [0.1, 0.15) is 24.0 Å². The summed E-state index contributed by atoms with van der Waals surface area (Å²) in [5.74, 6) is 6.35. The van der Waals surface area contributed by atoms with E-state index in [4.69, 9.17) is 4.74 Å². The van der Waals surface area contributed by atoms with Crippen LogP contribution >= 0.6 is 0 Å². The summed E-state index contributed by atoms with van der Waals surface area (Å²) in [6, 6.07) is 19.5. The highest BCUT2D eigenvalue weighted by atomic mass is 16.6. The van der Waals surface area contributed by atoms with Gasteiger partial charge < -0.3 is 4.74 Å². The summed E-state index contributed by atoms with van der Waals surface area (Å²) < 4.78 is 5.41. The van der Waals surface area contributed by atoms with Gasteiger partial charge in [-0.25, -0.2) is 4.79 Å². The average Bonchev–Trinajstić information content (AvgIpc) is 3.08. The summed E-state index contributed by atoms with van der Waals surface area (Å²) in [4.78, 5) is 14.0. The minimum Gasteiger partial charge on any atom is -0.445 e. The highest BCUT2D eigenvalue weighted by Crippen LogP contribution is 2.18. The van der Waals surface area contributed by atoms with E-state index in [0.717, 1.165) is 24.0 Å². The summed E-state index contributed by atoms with van der Waals surface area (Å²) >= 11 is 0. The molecular weight excluding hydrogens is 286 g/mol. The SMILES string of the molecule is O=C(OCc1ccccc1)N1CCCC1C#Cc1ccccc1. The van der Waals surface area contributed by atoms with Crippen LogP contribution in [0.5, 0.6) is 0 Å². The van der Waals surface area contributed by atoms with Gasteiger partial charge in [-0.15, -0.1) is 0 Å². The maximum atomic E-state index is 12.3. The lowest BCUT2D eigenvalue weighted by Gasteiger charge is -2.20. The van der Waals surface area contributed by atoms with Crippen LogP contribution in [0.2, 0.25) is 0 Å². The standard InChI is InChI=1S/C20H19NO2/c22-20(23-16-18-10-5-2-6-11-18)21-15-7-12-19(21)14-13-17-8-3-1-4-9-17/h1-6,8-11,19H,7,12,15-16H2. The van der Waals surface area contributed by atoms with Gasteiger partial charge in [0.05, 0.1) is 6.04 Å². The molecule has 3 heteroatoms. The highest BCUT2D eigenvalue weighted by Gasteiger charge is 2.28. The first-order valence-electron chi connectivity index (χ1n) is 7.87. The maximum Gasteiger partial charge on any atom is 0.411 e. The molecule has 1 aliphatic rings. The first-order valence-corrected chi connectivity index (χ1v) is 7.87. The van der Waals surface area contributed by atoms with Gasteiger partial charge in [-0.1, -0.05) is 60.4 Å². The Balaban J connectivity index is 1.60. The zero-order valence-electron chi connectivity index (χ0n) is 12.9. The van der Waals surface area contributed by atoms with E-state index in [1.165, 1.54) is 0 Å². The van der Waals surface area contributed by atoms with Gasteiger partial charge in [0.15, 0.2) is 0 Å².